The number of para-hydroxylation sites is 1. The van der Waals surface area contributed by atoms with Gasteiger partial charge >= 0.3 is 6.03 Å². The second-order valence-electron chi connectivity index (χ2n) is 5.93. The first-order valence-corrected chi connectivity index (χ1v) is 7.45. The fourth-order valence-corrected chi connectivity index (χ4v) is 3.34. The number of amides is 3. The third kappa shape index (κ3) is 1.73. The molecule has 0 bridgehead atoms. The van der Waals surface area contributed by atoms with Crippen molar-refractivity contribution in [3.63, 3.8) is 0 Å². The molecule has 3 aliphatic heterocycles. The Morgan fingerprint density at radius 1 is 1.09 bits per heavy atom. The highest BCUT2D eigenvalue weighted by Crippen LogP contribution is 2.35. The van der Waals surface area contributed by atoms with Crippen molar-refractivity contribution < 1.29 is 9.59 Å². The number of anilines is 1. The lowest BCUT2D eigenvalue weighted by Gasteiger charge is -2.38. The van der Waals surface area contributed by atoms with Crippen molar-refractivity contribution in [2.45, 2.75) is 19.1 Å². The molecular formula is C16H17N5O2. The first-order valence-electron chi connectivity index (χ1n) is 7.45. The highest BCUT2D eigenvalue weighted by atomic mass is 16.2. The van der Waals surface area contributed by atoms with Crippen LogP contribution >= 0.6 is 0 Å². The van der Waals surface area contributed by atoms with Crippen molar-refractivity contribution in [3.05, 3.63) is 42.2 Å². The average Bonchev–Trinajstić information content (AvgIpc) is 3.06. The van der Waals surface area contributed by atoms with E-state index in [4.69, 9.17) is 0 Å². The van der Waals surface area contributed by atoms with Crippen molar-refractivity contribution in [3.8, 4) is 0 Å². The molecule has 3 heterocycles. The molecule has 0 spiro atoms. The highest BCUT2D eigenvalue weighted by molar-refractivity contribution is 6.09. The number of allylic oxidation sites excluding steroid dienone is 1. The van der Waals surface area contributed by atoms with Crippen molar-refractivity contribution in [1.29, 1.82) is 0 Å². The molecule has 1 aromatic carbocycles. The Morgan fingerprint density at radius 2 is 1.78 bits per heavy atom. The van der Waals surface area contributed by atoms with Gasteiger partial charge in [-0.3, -0.25) is 14.6 Å². The number of hydrogen-bond donors (Lipinski definition) is 0. The van der Waals surface area contributed by atoms with Gasteiger partial charge in [0.15, 0.2) is 12.2 Å². The molecule has 7 heteroatoms. The average molecular weight is 311 g/mol. The molecule has 0 aromatic heterocycles. The Hall–Kier alpha value is -2.83. The molecule has 0 aliphatic carbocycles. The summed E-state index contributed by atoms with van der Waals surface area (Å²) in [6, 6.07) is 9.04. The molecule has 0 saturated carbocycles. The third-order valence-corrected chi connectivity index (χ3v) is 4.52. The van der Waals surface area contributed by atoms with E-state index >= 15 is 0 Å². The number of nitrogens with zero attached hydrogens (tertiary/aromatic N) is 5. The van der Waals surface area contributed by atoms with Crippen LogP contribution in [0.5, 0.6) is 0 Å². The molecule has 1 fully saturated rings. The molecule has 7 nitrogen and oxygen atoms in total. The normalized spacial score (nSPS) is 26.4. The summed E-state index contributed by atoms with van der Waals surface area (Å²) in [5.74, 6) is 0.461. The quantitative estimate of drug-likeness (QED) is 0.783. The van der Waals surface area contributed by atoms with Gasteiger partial charge < -0.3 is 9.80 Å². The van der Waals surface area contributed by atoms with Crippen LogP contribution in [0.15, 0.2) is 47.2 Å². The summed E-state index contributed by atoms with van der Waals surface area (Å²) in [5, 5.41) is 0. The number of fused-ring (bicyclic) bond motifs is 3. The van der Waals surface area contributed by atoms with E-state index in [9.17, 15) is 9.59 Å². The second kappa shape index (κ2) is 4.58. The number of likely N-dealkylation sites (N-methyl/N-ethyl adjacent to an activating group) is 2. The second-order valence-corrected chi connectivity index (χ2v) is 5.93. The standard InChI is InChI=1S/C16H17N5O2/c1-10-9-20-12-13(18(2)16(23)19(3)14(12)22)17-15(20)21(10)11-7-5-4-6-8-11/h4-9,12-13H,1-3H3. The largest absolute Gasteiger partial charge is 0.328 e. The van der Waals surface area contributed by atoms with Crippen LogP contribution in [0.4, 0.5) is 10.5 Å². The smallest absolute Gasteiger partial charge is 0.302 e. The Morgan fingerprint density at radius 3 is 2.48 bits per heavy atom. The molecule has 1 aromatic rings. The molecule has 3 amide bonds. The summed E-state index contributed by atoms with van der Waals surface area (Å²) >= 11 is 0. The minimum absolute atomic E-state index is 0.226. The predicted molar refractivity (Wildman–Crippen MR) is 85.5 cm³/mol. The van der Waals surface area contributed by atoms with E-state index < -0.39 is 12.2 Å². The number of hydrogen-bond acceptors (Lipinski definition) is 5. The fraction of sp³-hybridized carbons (Fsp3) is 0.312. The Balaban J connectivity index is 1.77. The first-order chi connectivity index (χ1) is 11.0. The number of imide groups is 1. The lowest BCUT2D eigenvalue weighted by atomic mass is 10.1. The minimum Gasteiger partial charge on any atom is -0.302 e. The van der Waals surface area contributed by atoms with Crippen LogP contribution in [0.2, 0.25) is 0 Å². The summed E-state index contributed by atoms with van der Waals surface area (Å²) in [4.78, 5) is 35.9. The molecule has 118 valence electrons. The van der Waals surface area contributed by atoms with Gasteiger partial charge in [0.05, 0.1) is 0 Å². The maximum absolute atomic E-state index is 12.6. The van der Waals surface area contributed by atoms with E-state index in [1.54, 1.807) is 7.05 Å². The van der Waals surface area contributed by atoms with Gasteiger partial charge in [-0.15, -0.1) is 0 Å². The van der Waals surface area contributed by atoms with Gasteiger partial charge in [0, 0.05) is 31.7 Å². The topological polar surface area (TPSA) is 59.5 Å². The van der Waals surface area contributed by atoms with E-state index in [1.807, 2.05) is 53.3 Å². The van der Waals surface area contributed by atoms with E-state index in [0.717, 1.165) is 16.3 Å². The van der Waals surface area contributed by atoms with Crippen molar-refractivity contribution in [1.82, 2.24) is 14.7 Å². The molecule has 0 radical (unpaired) electrons. The zero-order valence-electron chi connectivity index (χ0n) is 13.2. The van der Waals surface area contributed by atoms with Crippen LogP contribution in [0.25, 0.3) is 0 Å². The summed E-state index contributed by atoms with van der Waals surface area (Å²) in [7, 11) is 3.19. The number of carbonyl (C=O) groups is 2. The Kier molecular flexibility index (Phi) is 2.75. The van der Waals surface area contributed by atoms with E-state index in [-0.39, 0.29) is 11.9 Å². The van der Waals surface area contributed by atoms with Gasteiger partial charge in [0.2, 0.25) is 5.96 Å². The lowest BCUT2D eigenvalue weighted by Crippen LogP contribution is -2.63. The van der Waals surface area contributed by atoms with Crippen LogP contribution in [0.3, 0.4) is 0 Å². The third-order valence-electron chi connectivity index (χ3n) is 4.52. The van der Waals surface area contributed by atoms with E-state index in [2.05, 4.69) is 4.99 Å². The van der Waals surface area contributed by atoms with Crippen molar-refractivity contribution in [2.24, 2.45) is 4.99 Å². The zero-order valence-corrected chi connectivity index (χ0v) is 13.2. The summed E-state index contributed by atoms with van der Waals surface area (Å²) in [6.45, 7) is 1.98. The molecule has 23 heavy (non-hydrogen) atoms. The van der Waals surface area contributed by atoms with Gasteiger partial charge in [0.25, 0.3) is 5.91 Å². The highest BCUT2D eigenvalue weighted by Gasteiger charge is 2.53. The van der Waals surface area contributed by atoms with Crippen molar-refractivity contribution >= 4 is 23.6 Å². The molecule has 1 saturated heterocycles. The number of aliphatic imine (C=N–C) groups is 1. The summed E-state index contributed by atoms with van der Waals surface area (Å²) in [5.41, 5.74) is 1.97. The van der Waals surface area contributed by atoms with Gasteiger partial charge in [0.1, 0.15) is 0 Å². The molecule has 3 aliphatic rings. The maximum atomic E-state index is 12.6. The van der Waals surface area contributed by atoms with Gasteiger partial charge in [-0.2, -0.15) is 0 Å². The van der Waals surface area contributed by atoms with Crippen molar-refractivity contribution in [2.75, 3.05) is 19.0 Å². The Labute approximate surface area is 134 Å². The van der Waals surface area contributed by atoms with E-state index in [1.165, 1.54) is 11.9 Å². The SMILES string of the molecule is CC1=CN2C(=NC3C2C(=O)N(C)C(=O)N3C)N1c1ccccc1. The van der Waals surface area contributed by atoms with Crippen LogP contribution in [0.1, 0.15) is 6.92 Å². The van der Waals surface area contributed by atoms with Gasteiger partial charge in [-0.1, -0.05) is 18.2 Å². The van der Waals surface area contributed by atoms with Crippen LogP contribution in [-0.4, -0.2) is 58.9 Å². The molecular weight excluding hydrogens is 294 g/mol. The molecule has 2 unspecified atom stereocenters. The zero-order chi connectivity index (χ0) is 16.3. The predicted octanol–water partition coefficient (Wildman–Crippen LogP) is 1.26. The van der Waals surface area contributed by atoms with E-state index in [0.29, 0.717) is 5.96 Å². The fourth-order valence-electron chi connectivity index (χ4n) is 3.34. The number of benzene rings is 1. The summed E-state index contributed by atoms with van der Waals surface area (Å²) < 4.78 is 0. The number of urea groups is 1. The first kappa shape index (κ1) is 13.8. The molecule has 4 rings (SSSR count). The number of guanidine groups is 1. The molecule has 0 N–H and O–H groups in total. The molecule has 2 atom stereocenters. The number of rotatable bonds is 1. The van der Waals surface area contributed by atoms with Crippen LogP contribution < -0.4 is 4.90 Å². The monoisotopic (exact) mass is 311 g/mol. The van der Waals surface area contributed by atoms with Gasteiger partial charge in [-0.25, -0.2) is 9.79 Å². The number of carbonyl (C=O) groups excluding carboxylic acids is 2. The van der Waals surface area contributed by atoms with Gasteiger partial charge in [-0.05, 0) is 19.1 Å². The lowest BCUT2D eigenvalue weighted by molar-refractivity contribution is -0.135. The van der Waals surface area contributed by atoms with Crippen LogP contribution in [-0.2, 0) is 4.79 Å². The Bertz CT molecular complexity index is 757. The summed E-state index contributed by atoms with van der Waals surface area (Å²) in [6.07, 6.45) is 1.43. The maximum Gasteiger partial charge on any atom is 0.328 e. The van der Waals surface area contributed by atoms with Crippen LogP contribution in [0, 0.1) is 0 Å². The minimum atomic E-state index is -0.499.